The summed E-state index contributed by atoms with van der Waals surface area (Å²) in [6.45, 7) is 2.74. The highest BCUT2D eigenvalue weighted by atomic mass is 16.5. The van der Waals surface area contributed by atoms with Crippen molar-refractivity contribution in [3.05, 3.63) is 76.6 Å². The first kappa shape index (κ1) is 17.4. The lowest BCUT2D eigenvalue weighted by atomic mass is 10.1. The molecule has 1 heterocycles. The van der Waals surface area contributed by atoms with Gasteiger partial charge in [0.1, 0.15) is 5.75 Å². The average molecular weight is 348 g/mol. The molecule has 6 heteroatoms. The summed E-state index contributed by atoms with van der Waals surface area (Å²) in [7, 11) is 0. The molecule has 0 aliphatic carbocycles. The predicted octanol–water partition coefficient (Wildman–Crippen LogP) is 3.67. The Bertz CT molecular complexity index is 936. The van der Waals surface area contributed by atoms with Gasteiger partial charge in [0.2, 0.25) is 5.95 Å². The van der Waals surface area contributed by atoms with Crippen LogP contribution in [-0.2, 0) is 0 Å². The van der Waals surface area contributed by atoms with Gasteiger partial charge < -0.3 is 4.74 Å². The predicted molar refractivity (Wildman–Crippen MR) is 104 cm³/mol. The summed E-state index contributed by atoms with van der Waals surface area (Å²) >= 11 is 0. The zero-order valence-electron chi connectivity index (χ0n) is 14.5. The number of nitrogens with zero attached hydrogens (tertiary/aromatic N) is 2. The van der Waals surface area contributed by atoms with Crippen LogP contribution in [0.15, 0.2) is 70.6 Å². The smallest absolute Gasteiger partial charge is 0.252 e. The zero-order chi connectivity index (χ0) is 18.2. The first-order valence-corrected chi connectivity index (χ1v) is 8.43. The zero-order valence-corrected chi connectivity index (χ0v) is 14.5. The van der Waals surface area contributed by atoms with Crippen LogP contribution in [0.3, 0.4) is 0 Å². The Labute approximate surface area is 151 Å². The standard InChI is InChI=1S/C20H20N4O2/c1-2-11-26-17-10-6-7-15(12-17)14-21-24-20-22-18(13-19(25)23-20)16-8-4-3-5-9-16/h3-10,12-14H,2,11H2,1H3,(H2,22,23,24,25)/b21-14-. The van der Waals surface area contributed by atoms with E-state index in [1.807, 2.05) is 54.6 Å². The number of hydrogen-bond donors (Lipinski definition) is 2. The Balaban J connectivity index is 1.73. The normalized spacial score (nSPS) is 10.8. The van der Waals surface area contributed by atoms with Gasteiger partial charge in [0.15, 0.2) is 0 Å². The van der Waals surface area contributed by atoms with E-state index in [0.29, 0.717) is 12.3 Å². The second-order valence-corrected chi connectivity index (χ2v) is 5.64. The molecule has 0 spiro atoms. The number of ether oxygens (including phenoxy) is 1. The van der Waals surface area contributed by atoms with Gasteiger partial charge >= 0.3 is 0 Å². The molecule has 6 nitrogen and oxygen atoms in total. The summed E-state index contributed by atoms with van der Waals surface area (Å²) in [5.41, 5.74) is 4.86. The van der Waals surface area contributed by atoms with Crippen molar-refractivity contribution < 1.29 is 4.74 Å². The molecule has 0 bridgehead atoms. The van der Waals surface area contributed by atoms with Crippen LogP contribution in [0, 0.1) is 0 Å². The van der Waals surface area contributed by atoms with Crippen molar-refractivity contribution in [1.82, 2.24) is 9.97 Å². The molecular formula is C20H20N4O2. The minimum Gasteiger partial charge on any atom is -0.494 e. The lowest BCUT2D eigenvalue weighted by Crippen LogP contribution is -2.10. The highest BCUT2D eigenvalue weighted by molar-refractivity contribution is 5.80. The highest BCUT2D eigenvalue weighted by Crippen LogP contribution is 2.15. The van der Waals surface area contributed by atoms with Gasteiger partial charge in [-0.15, -0.1) is 0 Å². The van der Waals surface area contributed by atoms with Gasteiger partial charge in [-0.05, 0) is 24.1 Å². The number of rotatable bonds is 7. The number of aromatic nitrogens is 2. The fourth-order valence-electron chi connectivity index (χ4n) is 2.34. The summed E-state index contributed by atoms with van der Waals surface area (Å²) in [5.74, 6) is 1.08. The molecule has 0 fully saturated rings. The van der Waals surface area contributed by atoms with Crippen molar-refractivity contribution >= 4 is 12.2 Å². The molecule has 0 amide bonds. The first-order chi connectivity index (χ1) is 12.7. The maximum Gasteiger partial charge on any atom is 0.252 e. The molecular weight excluding hydrogens is 328 g/mol. The Morgan fingerprint density at radius 2 is 2.00 bits per heavy atom. The van der Waals surface area contributed by atoms with E-state index in [9.17, 15) is 4.79 Å². The molecule has 2 N–H and O–H groups in total. The van der Waals surface area contributed by atoms with E-state index in [0.717, 1.165) is 23.3 Å². The molecule has 0 aliphatic rings. The Morgan fingerprint density at radius 3 is 2.81 bits per heavy atom. The van der Waals surface area contributed by atoms with E-state index in [1.165, 1.54) is 6.07 Å². The Morgan fingerprint density at radius 1 is 1.15 bits per heavy atom. The quantitative estimate of drug-likeness (QED) is 0.504. The molecule has 0 saturated carbocycles. The highest BCUT2D eigenvalue weighted by Gasteiger charge is 2.03. The van der Waals surface area contributed by atoms with Gasteiger partial charge in [-0.3, -0.25) is 9.78 Å². The SMILES string of the molecule is CCCOc1cccc(/C=N\Nc2nc(-c3ccccc3)cc(=O)[nH]2)c1. The van der Waals surface area contributed by atoms with Crippen molar-refractivity contribution in [2.45, 2.75) is 13.3 Å². The maximum atomic E-state index is 11.9. The molecule has 0 atom stereocenters. The van der Waals surface area contributed by atoms with Crippen molar-refractivity contribution in [3.63, 3.8) is 0 Å². The van der Waals surface area contributed by atoms with Crippen molar-refractivity contribution in [2.24, 2.45) is 5.10 Å². The second-order valence-electron chi connectivity index (χ2n) is 5.64. The summed E-state index contributed by atoms with van der Waals surface area (Å²) in [6.07, 6.45) is 2.60. The molecule has 0 aliphatic heterocycles. The molecule has 3 aromatic rings. The van der Waals surface area contributed by atoms with Crippen LogP contribution in [-0.4, -0.2) is 22.8 Å². The topological polar surface area (TPSA) is 79.4 Å². The third kappa shape index (κ3) is 4.80. The number of benzene rings is 2. The van der Waals surface area contributed by atoms with Crippen molar-refractivity contribution in [1.29, 1.82) is 0 Å². The third-order valence-electron chi connectivity index (χ3n) is 3.53. The van der Waals surface area contributed by atoms with Crippen LogP contribution in [0.1, 0.15) is 18.9 Å². The first-order valence-electron chi connectivity index (χ1n) is 8.43. The summed E-state index contributed by atoms with van der Waals surface area (Å²) < 4.78 is 5.60. The monoisotopic (exact) mass is 348 g/mol. The Kier molecular flexibility index (Phi) is 5.77. The number of hydrazone groups is 1. The van der Waals surface area contributed by atoms with Crippen LogP contribution in [0.25, 0.3) is 11.3 Å². The molecule has 1 aromatic heterocycles. The average Bonchev–Trinajstić information content (AvgIpc) is 2.67. The Hall–Kier alpha value is -3.41. The fraction of sp³-hybridized carbons (Fsp3) is 0.150. The van der Waals surface area contributed by atoms with Crippen molar-refractivity contribution in [3.8, 4) is 17.0 Å². The number of H-pyrrole nitrogens is 1. The molecule has 0 saturated heterocycles. The number of aromatic amines is 1. The second kappa shape index (κ2) is 8.62. The summed E-state index contributed by atoms with van der Waals surface area (Å²) in [5, 5.41) is 4.15. The minimum absolute atomic E-state index is 0.244. The van der Waals surface area contributed by atoms with E-state index in [1.54, 1.807) is 6.21 Å². The molecule has 132 valence electrons. The molecule has 2 aromatic carbocycles. The van der Waals surface area contributed by atoms with Crippen LogP contribution < -0.4 is 15.7 Å². The molecule has 3 rings (SSSR count). The minimum atomic E-state index is -0.244. The third-order valence-corrected chi connectivity index (χ3v) is 3.53. The molecule has 0 unspecified atom stereocenters. The van der Waals surface area contributed by atoms with Crippen LogP contribution in [0.4, 0.5) is 5.95 Å². The van der Waals surface area contributed by atoms with Gasteiger partial charge in [0.25, 0.3) is 5.56 Å². The number of anilines is 1. The van der Waals surface area contributed by atoms with Gasteiger partial charge in [-0.2, -0.15) is 5.10 Å². The van der Waals surface area contributed by atoms with E-state index in [-0.39, 0.29) is 11.5 Å². The van der Waals surface area contributed by atoms with E-state index in [4.69, 9.17) is 4.74 Å². The molecule has 0 radical (unpaired) electrons. The summed E-state index contributed by atoms with van der Waals surface area (Å²) in [4.78, 5) is 18.9. The van der Waals surface area contributed by atoms with E-state index < -0.39 is 0 Å². The number of nitrogens with one attached hydrogen (secondary N) is 2. The van der Waals surface area contributed by atoms with E-state index >= 15 is 0 Å². The van der Waals surface area contributed by atoms with Gasteiger partial charge in [0, 0.05) is 11.6 Å². The van der Waals surface area contributed by atoms with Crippen LogP contribution >= 0.6 is 0 Å². The number of hydrogen-bond acceptors (Lipinski definition) is 5. The lowest BCUT2D eigenvalue weighted by molar-refractivity contribution is 0.317. The van der Waals surface area contributed by atoms with Crippen molar-refractivity contribution in [2.75, 3.05) is 12.0 Å². The van der Waals surface area contributed by atoms with Gasteiger partial charge in [-0.25, -0.2) is 10.4 Å². The van der Waals surface area contributed by atoms with Gasteiger partial charge in [-0.1, -0.05) is 49.4 Å². The lowest BCUT2D eigenvalue weighted by Gasteiger charge is -2.05. The maximum absolute atomic E-state index is 11.9. The van der Waals surface area contributed by atoms with Gasteiger partial charge in [0.05, 0.1) is 18.5 Å². The largest absolute Gasteiger partial charge is 0.494 e. The fourth-order valence-corrected chi connectivity index (χ4v) is 2.34. The van der Waals surface area contributed by atoms with Crippen LogP contribution in [0.2, 0.25) is 0 Å². The van der Waals surface area contributed by atoms with E-state index in [2.05, 4.69) is 27.4 Å². The van der Waals surface area contributed by atoms with Crippen LogP contribution in [0.5, 0.6) is 5.75 Å². The summed E-state index contributed by atoms with van der Waals surface area (Å²) in [6, 6.07) is 18.6. The molecule has 26 heavy (non-hydrogen) atoms.